The zero-order valence-corrected chi connectivity index (χ0v) is 19.7. The fourth-order valence-corrected chi connectivity index (χ4v) is 4.64. The van der Waals surface area contributed by atoms with E-state index < -0.39 is 0 Å². The smallest absolute Gasteiger partial charge is 0.310 e. The molecule has 1 aromatic heterocycles. The number of carbonyl (C=O) groups excluding carboxylic acids is 1. The van der Waals surface area contributed by atoms with Gasteiger partial charge in [0.2, 0.25) is 0 Å². The summed E-state index contributed by atoms with van der Waals surface area (Å²) in [5.74, 6) is 2.78. The molecule has 1 saturated carbocycles. The molecule has 1 fully saturated rings. The van der Waals surface area contributed by atoms with Gasteiger partial charge in [0.1, 0.15) is 11.6 Å². The van der Waals surface area contributed by atoms with Gasteiger partial charge in [-0.25, -0.2) is 9.97 Å². The summed E-state index contributed by atoms with van der Waals surface area (Å²) in [4.78, 5) is 20.6. The van der Waals surface area contributed by atoms with Crippen molar-refractivity contribution in [2.75, 3.05) is 0 Å². The monoisotopic (exact) mass is 442 g/mol. The molecular formula is C26H35ClN2O2. The van der Waals surface area contributed by atoms with E-state index in [1.54, 1.807) is 19.1 Å². The lowest BCUT2D eigenvalue weighted by Gasteiger charge is -2.28. The molecule has 168 valence electrons. The van der Waals surface area contributed by atoms with Crippen LogP contribution in [0.5, 0.6) is 5.75 Å². The van der Waals surface area contributed by atoms with Crippen molar-refractivity contribution in [3.63, 3.8) is 0 Å². The second kappa shape index (κ2) is 12.2. The maximum absolute atomic E-state index is 11.5. The summed E-state index contributed by atoms with van der Waals surface area (Å²) in [6, 6.07) is 5.39. The number of aryl methyl sites for hydroxylation is 1. The van der Waals surface area contributed by atoms with Crippen molar-refractivity contribution >= 4 is 17.6 Å². The van der Waals surface area contributed by atoms with Crippen LogP contribution in [0.3, 0.4) is 0 Å². The summed E-state index contributed by atoms with van der Waals surface area (Å²) < 4.78 is 5.22. The maximum Gasteiger partial charge on any atom is 0.310 e. The summed E-state index contributed by atoms with van der Waals surface area (Å²) in [7, 11) is 0. The molecule has 0 bridgehead atoms. The van der Waals surface area contributed by atoms with E-state index in [2.05, 4.69) is 16.9 Å². The van der Waals surface area contributed by atoms with E-state index in [0.29, 0.717) is 17.2 Å². The average Bonchev–Trinajstić information content (AvgIpc) is 2.80. The topological polar surface area (TPSA) is 52.1 Å². The van der Waals surface area contributed by atoms with Gasteiger partial charge in [-0.1, -0.05) is 82.9 Å². The van der Waals surface area contributed by atoms with Crippen molar-refractivity contribution in [3.05, 3.63) is 41.4 Å². The van der Waals surface area contributed by atoms with Gasteiger partial charge in [0.05, 0.1) is 5.02 Å². The third-order valence-corrected chi connectivity index (χ3v) is 6.74. The third-order valence-electron chi connectivity index (χ3n) is 6.44. The Morgan fingerprint density at radius 2 is 1.68 bits per heavy atom. The summed E-state index contributed by atoms with van der Waals surface area (Å²) in [6.45, 7) is 4.03. The van der Waals surface area contributed by atoms with Crippen LogP contribution in [0.15, 0.2) is 30.6 Å². The van der Waals surface area contributed by atoms with Crippen molar-refractivity contribution in [1.29, 1.82) is 0 Å². The second-order valence-corrected chi connectivity index (χ2v) is 9.19. The van der Waals surface area contributed by atoms with Gasteiger partial charge in [-0.15, -0.1) is 0 Å². The van der Waals surface area contributed by atoms with Crippen LogP contribution in [-0.2, 0) is 11.2 Å². The Morgan fingerprint density at radius 3 is 2.29 bits per heavy atom. The Bertz CT molecular complexity index is 830. The molecular weight excluding hydrogens is 408 g/mol. The number of nitrogens with zero attached hydrogens (tertiary/aromatic N) is 2. The first-order chi connectivity index (χ1) is 15.1. The Hall–Kier alpha value is -1.94. The molecule has 4 nitrogen and oxygen atoms in total. The van der Waals surface area contributed by atoms with Crippen LogP contribution in [0.25, 0.3) is 11.1 Å². The number of halogens is 1. The van der Waals surface area contributed by atoms with Gasteiger partial charge in [-0.05, 0) is 36.0 Å². The minimum absolute atomic E-state index is 0.299. The highest BCUT2D eigenvalue weighted by atomic mass is 35.5. The highest BCUT2D eigenvalue weighted by Gasteiger charge is 2.21. The first kappa shape index (κ1) is 23.7. The molecule has 1 aliphatic rings. The van der Waals surface area contributed by atoms with Crippen LogP contribution >= 0.6 is 11.6 Å². The van der Waals surface area contributed by atoms with E-state index in [-0.39, 0.29) is 5.97 Å². The lowest BCUT2D eigenvalue weighted by atomic mass is 9.78. The minimum atomic E-state index is -0.299. The number of aromatic nitrogens is 2. The summed E-state index contributed by atoms with van der Waals surface area (Å²) >= 11 is 6.27. The Labute approximate surface area is 191 Å². The largest absolute Gasteiger partial charge is 0.425 e. The standard InChI is InChI=1S/C26H35ClN2O2/c1-3-5-6-7-19-8-10-20(11-9-19)12-15-25-28-17-22(18-29-25)21-13-14-24(23(27)16-21)31-26(30)4-2/h13-14,16-20H,3-12,15H2,1-2H3/t19-,20-. The van der Waals surface area contributed by atoms with Gasteiger partial charge in [0.25, 0.3) is 0 Å². The molecule has 1 aromatic carbocycles. The van der Waals surface area contributed by atoms with E-state index in [1.807, 2.05) is 18.5 Å². The van der Waals surface area contributed by atoms with Crippen molar-refractivity contribution in [2.45, 2.75) is 84.5 Å². The fourth-order valence-electron chi connectivity index (χ4n) is 4.42. The van der Waals surface area contributed by atoms with Gasteiger partial charge in [-0.2, -0.15) is 0 Å². The SMILES string of the molecule is CCCCC[C@H]1CC[C@H](CCc2ncc(-c3ccc(OC(=O)CC)c(Cl)c3)cn2)CC1. The molecule has 0 amide bonds. The Morgan fingerprint density at radius 1 is 1.00 bits per heavy atom. The Balaban J connectivity index is 1.47. The average molecular weight is 443 g/mol. The molecule has 1 heterocycles. The third kappa shape index (κ3) is 7.31. The highest BCUT2D eigenvalue weighted by molar-refractivity contribution is 6.32. The minimum Gasteiger partial charge on any atom is -0.425 e. The molecule has 5 heteroatoms. The molecule has 0 aliphatic heterocycles. The molecule has 0 radical (unpaired) electrons. The molecule has 0 spiro atoms. The summed E-state index contributed by atoms with van der Waals surface area (Å²) in [5, 5.41) is 0.411. The van der Waals surface area contributed by atoms with Crippen LogP contribution in [0.2, 0.25) is 5.02 Å². The van der Waals surface area contributed by atoms with E-state index in [1.165, 1.54) is 57.8 Å². The first-order valence-corrected chi connectivity index (χ1v) is 12.3. The van der Waals surface area contributed by atoms with Gasteiger partial charge in [0, 0.05) is 30.8 Å². The van der Waals surface area contributed by atoms with Crippen LogP contribution < -0.4 is 4.74 Å². The zero-order valence-electron chi connectivity index (χ0n) is 18.9. The van der Waals surface area contributed by atoms with Gasteiger partial charge >= 0.3 is 5.97 Å². The maximum atomic E-state index is 11.5. The quantitative estimate of drug-likeness (QED) is 0.218. The lowest BCUT2D eigenvalue weighted by molar-refractivity contribution is -0.134. The van der Waals surface area contributed by atoms with E-state index in [9.17, 15) is 4.79 Å². The molecule has 1 aliphatic carbocycles. The molecule has 0 unspecified atom stereocenters. The van der Waals surface area contributed by atoms with Gasteiger partial charge in [0.15, 0.2) is 0 Å². The van der Waals surface area contributed by atoms with Gasteiger partial charge in [-0.3, -0.25) is 4.79 Å². The summed E-state index contributed by atoms with van der Waals surface area (Å²) in [5.41, 5.74) is 1.82. The van der Waals surface area contributed by atoms with Gasteiger partial charge < -0.3 is 4.74 Å². The molecule has 31 heavy (non-hydrogen) atoms. The number of hydrogen-bond acceptors (Lipinski definition) is 4. The molecule has 2 aromatic rings. The first-order valence-electron chi connectivity index (χ1n) is 11.9. The summed E-state index contributed by atoms with van der Waals surface area (Å²) in [6.07, 6.45) is 17.2. The van der Waals surface area contributed by atoms with E-state index >= 15 is 0 Å². The highest BCUT2D eigenvalue weighted by Crippen LogP contribution is 2.34. The normalized spacial score (nSPS) is 18.7. The number of hydrogen-bond donors (Lipinski definition) is 0. The number of unbranched alkanes of at least 4 members (excludes halogenated alkanes) is 2. The zero-order chi connectivity index (χ0) is 22.1. The van der Waals surface area contributed by atoms with Crippen LogP contribution in [-0.4, -0.2) is 15.9 Å². The van der Waals surface area contributed by atoms with Crippen molar-refractivity contribution in [2.24, 2.45) is 11.8 Å². The number of rotatable bonds is 10. The van der Waals surface area contributed by atoms with Crippen molar-refractivity contribution in [3.8, 4) is 16.9 Å². The molecule has 0 atom stereocenters. The van der Waals surface area contributed by atoms with Crippen LogP contribution in [0.1, 0.15) is 83.9 Å². The molecule has 0 saturated heterocycles. The number of ether oxygens (including phenoxy) is 1. The number of esters is 1. The Kier molecular flexibility index (Phi) is 9.32. The number of benzene rings is 1. The fraction of sp³-hybridized carbons (Fsp3) is 0.577. The number of carbonyl (C=O) groups is 1. The van der Waals surface area contributed by atoms with E-state index in [0.717, 1.165) is 35.2 Å². The van der Waals surface area contributed by atoms with Crippen molar-refractivity contribution < 1.29 is 9.53 Å². The molecule has 0 N–H and O–H groups in total. The predicted molar refractivity (Wildman–Crippen MR) is 126 cm³/mol. The molecule has 3 rings (SSSR count). The second-order valence-electron chi connectivity index (χ2n) is 8.78. The van der Waals surface area contributed by atoms with Crippen LogP contribution in [0, 0.1) is 11.8 Å². The van der Waals surface area contributed by atoms with Crippen LogP contribution in [0.4, 0.5) is 0 Å². The lowest BCUT2D eigenvalue weighted by Crippen LogP contribution is -2.15. The van der Waals surface area contributed by atoms with E-state index in [4.69, 9.17) is 16.3 Å². The predicted octanol–water partition coefficient (Wildman–Crippen LogP) is 7.43. The van der Waals surface area contributed by atoms with Crippen molar-refractivity contribution in [1.82, 2.24) is 9.97 Å².